The summed E-state index contributed by atoms with van der Waals surface area (Å²) in [6.07, 6.45) is 1.66. The largest absolute Gasteiger partial charge is 0.457 e. The zero-order valence-corrected chi connectivity index (χ0v) is 7.19. The van der Waals surface area contributed by atoms with Gasteiger partial charge < -0.3 is 4.74 Å². The lowest BCUT2D eigenvalue weighted by Crippen LogP contribution is -1.99. The minimum atomic E-state index is -0.0375. The molecule has 1 aromatic carbocycles. The maximum absolute atomic E-state index is 11.0. The Kier molecular flexibility index (Phi) is 1.29. The molecule has 2 atom stereocenters. The monoisotopic (exact) mass is 174 g/mol. The minimum absolute atomic E-state index is 0.0375. The van der Waals surface area contributed by atoms with Crippen LogP contribution in [0.25, 0.3) is 0 Å². The van der Waals surface area contributed by atoms with Gasteiger partial charge in [0.2, 0.25) is 0 Å². The summed E-state index contributed by atoms with van der Waals surface area (Å²) in [5.74, 6) is 0.370. The fourth-order valence-electron chi connectivity index (χ4n) is 2.38. The van der Waals surface area contributed by atoms with Crippen LogP contribution in [-0.2, 0) is 16.0 Å². The van der Waals surface area contributed by atoms with Crippen LogP contribution in [0.15, 0.2) is 24.3 Å². The summed E-state index contributed by atoms with van der Waals surface area (Å²) in [7, 11) is 0. The SMILES string of the molecule is O=C1C[C@@H]2Cc3ccccc3[C@H]2O1. The highest BCUT2D eigenvalue weighted by Crippen LogP contribution is 2.44. The van der Waals surface area contributed by atoms with E-state index in [4.69, 9.17) is 4.74 Å². The topological polar surface area (TPSA) is 26.3 Å². The molecule has 3 rings (SSSR count). The Bertz CT molecular complexity index is 370. The van der Waals surface area contributed by atoms with Crippen LogP contribution >= 0.6 is 0 Å². The third-order valence-electron chi connectivity index (χ3n) is 2.96. The van der Waals surface area contributed by atoms with Gasteiger partial charge in [0.15, 0.2) is 0 Å². The van der Waals surface area contributed by atoms with Gasteiger partial charge >= 0.3 is 5.97 Å². The Hall–Kier alpha value is -1.31. The first-order valence-electron chi connectivity index (χ1n) is 4.62. The van der Waals surface area contributed by atoms with Crippen LogP contribution in [0.4, 0.5) is 0 Å². The van der Waals surface area contributed by atoms with Gasteiger partial charge in [-0.25, -0.2) is 0 Å². The highest BCUT2D eigenvalue weighted by molar-refractivity contribution is 5.73. The van der Waals surface area contributed by atoms with Gasteiger partial charge in [-0.2, -0.15) is 0 Å². The molecule has 1 fully saturated rings. The Morgan fingerprint density at radius 2 is 2.08 bits per heavy atom. The van der Waals surface area contributed by atoms with E-state index in [0.29, 0.717) is 12.3 Å². The van der Waals surface area contributed by atoms with E-state index >= 15 is 0 Å². The van der Waals surface area contributed by atoms with Crippen LogP contribution in [0.5, 0.6) is 0 Å². The predicted molar refractivity (Wildman–Crippen MR) is 47.1 cm³/mol. The Morgan fingerprint density at radius 1 is 1.23 bits per heavy atom. The fraction of sp³-hybridized carbons (Fsp3) is 0.364. The summed E-state index contributed by atoms with van der Waals surface area (Å²) in [5, 5.41) is 0. The molecule has 66 valence electrons. The lowest BCUT2D eigenvalue weighted by atomic mass is 10.0. The first-order valence-corrected chi connectivity index (χ1v) is 4.62. The highest BCUT2D eigenvalue weighted by Gasteiger charge is 2.41. The molecule has 2 heteroatoms. The third-order valence-corrected chi connectivity index (χ3v) is 2.96. The third kappa shape index (κ3) is 0.916. The summed E-state index contributed by atoms with van der Waals surface area (Å²) in [6.45, 7) is 0. The van der Waals surface area contributed by atoms with Gasteiger partial charge in [-0.3, -0.25) is 4.79 Å². The minimum Gasteiger partial charge on any atom is -0.457 e. The summed E-state index contributed by atoms with van der Waals surface area (Å²) in [6, 6.07) is 8.25. The second-order valence-corrected chi connectivity index (χ2v) is 3.78. The van der Waals surface area contributed by atoms with E-state index in [0.717, 1.165) is 6.42 Å². The first-order chi connectivity index (χ1) is 6.34. The van der Waals surface area contributed by atoms with Crippen LogP contribution in [0.1, 0.15) is 23.7 Å². The molecule has 0 amide bonds. The normalized spacial score (nSPS) is 29.7. The zero-order valence-electron chi connectivity index (χ0n) is 7.19. The molecule has 1 heterocycles. The van der Waals surface area contributed by atoms with Crippen molar-refractivity contribution in [2.45, 2.75) is 18.9 Å². The van der Waals surface area contributed by atoms with Gasteiger partial charge in [0, 0.05) is 5.92 Å². The molecule has 2 nitrogen and oxygen atoms in total. The van der Waals surface area contributed by atoms with E-state index in [1.807, 2.05) is 12.1 Å². The smallest absolute Gasteiger partial charge is 0.306 e. The summed E-state index contributed by atoms with van der Waals surface area (Å²) in [5.41, 5.74) is 2.57. The van der Waals surface area contributed by atoms with Crippen LogP contribution < -0.4 is 0 Å². The number of hydrogen-bond donors (Lipinski definition) is 0. The van der Waals surface area contributed by atoms with E-state index in [-0.39, 0.29) is 12.1 Å². The summed E-state index contributed by atoms with van der Waals surface area (Å²) < 4.78 is 5.27. The number of hydrogen-bond acceptors (Lipinski definition) is 2. The van der Waals surface area contributed by atoms with Crippen molar-refractivity contribution in [1.29, 1.82) is 0 Å². The molecule has 0 saturated carbocycles. The van der Waals surface area contributed by atoms with Gasteiger partial charge in [0.1, 0.15) is 6.10 Å². The van der Waals surface area contributed by atoms with E-state index in [1.54, 1.807) is 0 Å². The molecule has 0 bridgehead atoms. The zero-order chi connectivity index (χ0) is 8.84. The Morgan fingerprint density at radius 3 is 3.00 bits per heavy atom. The molecular weight excluding hydrogens is 164 g/mol. The summed E-state index contributed by atoms with van der Waals surface area (Å²) in [4.78, 5) is 11.0. The van der Waals surface area contributed by atoms with Crippen LogP contribution in [0, 0.1) is 5.92 Å². The maximum atomic E-state index is 11.0. The molecular formula is C11H10O2. The average Bonchev–Trinajstić information content (AvgIpc) is 2.60. The molecule has 1 aliphatic heterocycles. The van der Waals surface area contributed by atoms with Crippen molar-refractivity contribution in [3.8, 4) is 0 Å². The van der Waals surface area contributed by atoms with Crippen LogP contribution in [0.3, 0.4) is 0 Å². The standard InChI is InChI=1S/C11H10O2/c12-10-6-8-5-7-3-1-2-4-9(7)11(8)13-10/h1-4,8,11H,5-6H2/t8-,11-/m0/s1. The van der Waals surface area contributed by atoms with E-state index < -0.39 is 0 Å². The van der Waals surface area contributed by atoms with E-state index in [2.05, 4.69) is 12.1 Å². The quantitative estimate of drug-likeness (QED) is 0.561. The second-order valence-electron chi connectivity index (χ2n) is 3.78. The predicted octanol–water partition coefficient (Wildman–Crippen LogP) is 1.85. The number of benzene rings is 1. The van der Waals surface area contributed by atoms with Gasteiger partial charge in [0.25, 0.3) is 0 Å². The molecule has 1 aromatic rings. The molecule has 0 unspecified atom stereocenters. The lowest BCUT2D eigenvalue weighted by Gasteiger charge is -2.07. The number of rotatable bonds is 0. The van der Waals surface area contributed by atoms with Gasteiger partial charge in [-0.05, 0) is 17.5 Å². The van der Waals surface area contributed by atoms with Gasteiger partial charge in [0.05, 0.1) is 6.42 Å². The Labute approximate surface area is 76.5 Å². The van der Waals surface area contributed by atoms with Crippen molar-refractivity contribution in [2.75, 3.05) is 0 Å². The highest BCUT2D eigenvalue weighted by atomic mass is 16.6. The van der Waals surface area contributed by atoms with Crippen molar-refractivity contribution < 1.29 is 9.53 Å². The van der Waals surface area contributed by atoms with E-state index in [9.17, 15) is 4.79 Å². The average molecular weight is 174 g/mol. The van der Waals surface area contributed by atoms with Crippen molar-refractivity contribution in [1.82, 2.24) is 0 Å². The fourth-order valence-corrected chi connectivity index (χ4v) is 2.38. The number of esters is 1. The molecule has 1 aliphatic carbocycles. The van der Waals surface area contributed by atoms with Gasteiger partial charge in [-0.15, -0.1) is 0 Å². The van der Waals surface area contributed by atoms with Crippen molar-refractivity contribution in [2.24, 2.45) is 5.92 Å². The molecule has 0 radical (unpaired) electrons. The maximum Gasteiger partial charge on any atom is 0.306 e. The molecule has 0 aromatic heterocycles. The van der Waals surface area contributed by atoms with Crippen molar-refractivity contribution >= 4 is 5.97 Å². The lowest BCUT2D eigenvalue weighted by molar-refractivity contribution is -0.141. The second kappa shape index (κ2) is 2.34. The number of fused-ring (bicyclic) bond motifs is 3. The number of ether oxygens (including phenoxy) is 1. The van der Waals surface area contributed by atoms with E-state index in [1.165, 1.54) is 11.1 Å². The number of carbonyl (C=O) groups is 1. The molecule has 2 aliphatic rings. The first kappa shape index (κ1) is 7.13. The van der Waals surface area contributed by atoms with Crippen molar-refractivity contribution in [3.05, 3.63) is 35.4 Å². The van der Waals surface area contributed by atoms with Gasteiger partial charge in [-0.1, -0.05) is 24.3 Å². The molecule has 13 heavy (non-hydrogen) atoms. The molecule has 0 spiro atoms. The molecule has 1 saturated heterocycles. The van der Waals surface area contributed by atoms with Crippen LogP contribution in [-0.4, -0.2) is 5.97 Å². The molecule has 0 N–H and O–H groups in total. The Balaban J connectivity index is 2.06. The number of carbonyl (C=O) groups excluding carboxylic acids is 1. The van der Waals surface area contributed by atoms with Crippen molar-refractivity contribution in [3.63, 3.8) is 0 Å². The van der Waals surface area contributed by atoms with Crippen LogP contribution in [0.2, 0.25) is 0 Å². The summed E-state index contributed by atoms with van der Waals surface area (Å²) >= 11 is 0.